The molecule has 1 rings (SSSR count). The van der Waals surface area contributed by atoms with Gasteiger partial charge in [0, 0.05) is 6.04 Å². The molecule has 0 radical (unpaired) electrons. The highest BCUT2D eigenvalue weighted by atomic mass is 15.1. The fourth-order valence-electron chi connectivity index (χ4n) is 1.40. The maximum atomic E-state index is 2.40. The van der Waals surface area contributed by atoms with E-state index in [2.05, 4.69) is 31.0 Å². The summed E-state index contributed by atoms with van der Waals surface area (Å²) in [4.78, 5) is 2.40. The first-order chi connectivity index (χ1) is 4.34. The number of hydrogen-bond donors (Lipinski definition) is 0. The lowest BCUT2D eigenvalue weighted by atomic mass is 10.2. The summed E-state index contributed by atoms with van der Waals surface area (Å²) in [5.74, 6) is 0. The molecule has 1 aliphatic heterocycles. The number of hydrogen-bond acceptors (Lipinski definition) is 1. The maximum absolute atomic E-state index is 2.40. The zero-order valence-corrected chi connectivity index (χ0v) is 6.30. The van der Waals surface area contributed by atoms with Crippen LogP contribution in [0.5, 0.6) is 0 Å². The molecule has 1 heteroatoms. The van der Waals surface area contributed by atoms with E-state index in [0.717, 1.165) is 6.04 Å². The van der Waals surface area contributed by atoms with Crippen LogP contribution in [0.4, 0.5) is 0 Å². The Kier molecular flexibility index (Phi) is 2.29. The first kappa shape index (κ1) is 6.81. The Hall–Kier alpha value is -0.300. The van der Waals surface area contributed by atoms with Crippen molar-refractivity contribution in [2.75, 3.05) is 13.6 Å². The molecule has 1 fully saturated rings. The Bertz CT molecular complexity index is 107. The molecule has 0 aromatic rings. The van der Waals surface area contributed by atoms with Gasteiger partial charge in [-0.2, -0.15) is 0 Å². The van der Waals surface area contributed by atoms with Gasteiger partial charge in [-0.25, -0.2) is 0 Å². The highest BCUT2D eigenvalue weighted by Gasteiger charge is 2.16. The van der Waals surface area contributed by atoms with Crippen molar-refractivity contribution in [2.24, 2.45) is 0 Å². The van der Waals surface area contributed by atoms with Crippen LogP contribution in [0.15, 0.2) is 12.2 Å². The third kappa shape index (κ3) is 1.55. The highest BCUT2D eigenvalue weighted by molar-refractivity contribution is 4.94. The normalized spacial score (nSPS) is 30.2. The SMILES string of the molecule is C/C=C\[C@@H]1CCCN1C. The molecule has 0 saturated carbocycles. The van der Waals surface area contributed by atoms with E-state index < -0.39 is 0 Å². The lowest BCUT2D eigenvalue weighted by Gasteiger charge is -2.14. The minimum atomic E-state index is 0.731. The molecular formula is C8H15N. The van der Waals surface area contributed by atoms with E-state index in [1.54, 1.807) is 0 Å². The van der Waals surface area contributed by atoms with Gasteiger partial charge < -0.3 is 0 Å². The van der Waals surface area contributed by atoms with Crippen molar-refractivity contribution >= 4 is 0 Å². The van der Waals surface area contributed by atoms with Crippen LogP contribution in [0.3, 0.4) is 0 Å². The second kappa shape index (κ2) is 3.02. The summed E-state index contributed by atoms with van der Waals surface area (Å²) in [6.45, 7) is 3.36. The molecule has 1 saturated heterocycles. The summed E-state index contributed by atoms with van der Waals surface area (Å²) >= 11 is 0. The molecule has 0 spiro atoms. The zero-order valence-electron chi connectivity index (χ0n) is 6.30. The first-order valence-electron chi connectivity index (χ1n) is 3.67. The van der Waals surface area contributed by atoms with E-state index in [1.165, 1.54) is 19.4 Å². The summed E-state index contributed by atoms with van der Waals surface area (Å²) in [6, 6.07) is 0.731. The molecule has 0 aromatic carbocycles. The molecule has 52 valence electrons. The van der Waals surface area contributed by atoms with Crippen molar-refractivity contribution in [2.45, 2.75) is 25.8 Å². The second-order valence-electron chi connectivity index (χ2n) is 2.72. The Labute approximate surface area is 57.4 Å². The summed E-state index contributed by atoms with van der Waals surface area (Å²) < 4.78 is 0. The van der Waals surface area contributed by atoms with E-state index in [1.807, 2.05) is 0 Å². The van der Waals surface area contributed by atoms with Crippen molar-refractivity contribution < 1.29 is 0 Å². The van der Waals surface area contributed by atoms with Gasteiger partial charge in [0.2, 0.25) is 0 Å². The van der Waals surface area contributed by atoms with Crippen molar-refractivity contribution in [3.05, 3.63) is 12.2 Å². The van der Waals surface area contributed by atoms with Crippen molar-refractivity contribution in [3.8, 4) is 0 Å². The summed E-state index contributed by atoms with van der Waals surface area (Å²) in [5.41, 5.74) is 0. The first-order valence-corrected chi connectivity index (χ1v) is 3.67. The molecule has 1 heterocycles. The minimum absolute atomic E-state index is 0.731. The van der Waals surface area contributed by atoms with Crippen LogP contribution in [0.25, 0.3) is 0 Å². The van der Waals surface area contributed by atoms with Crippen LogP contribution in [-0.2, 0) is 0 Å². The highest BCUT2D eigenvalue weighted by Crippen LogP contribution is 2.14. The topological polar surface area (TPSA) is 3.24 Å². The molecule has 0 bridgehead atoms. The largest absolute Gasteiger partial charge is 0.300 e. The number of likely N-dealkylation sites (N-methyl/N-ethyl adjacent to an activating group) is 1. The summed E-state index contributed by atoms with van der Waals surface area (Å²) in [6.07, 6.45) is 7.14. The fourth-order valence-corrected chi connectivity index (χ4v) is 1.40. The van der Waals surface area contributed by atoms with Crippen LogP contribution in [-0.4, -0.2) is 24.5 Å². The number of likely N-dealkylation sites (tertiary alicyclic amines) is 1. The smallest absolute Gasteiger partial charge is 0.0275 e. The van der Waals surface area contributed by atoms with Crippen LogP contribution in [0.2, 0.25) is 0 Å². The van der Waals surface area contributed by atoms with Crippen molar-refractivity contribution in [1.82, 2.24) is 4.90 Å². The molecule has 0 amide bonds. The predicted molar refractivity (Wildman–Crippen MR) is 40.5 cm³/mol. The van der Waals surface area contributed by atoms with E-state index in [-0.39, 0.29) is 0 Å². The molecule has 1 atom stereocenters. The third-order valence-electron chi connectivity index (χ3n) is 1.99. The standard InChI is InChI=1S/C8H15N/c1-3-5-8-6-4-7-9(8)2/h3,5,8H,4,6-7H2,1-2H3/b5-3-/t8-/m1/s1. The average Bonchev–Trinajstić information content (AvgIpc) is 2.18. The Morgan fingerprint density at radius 3 is 2.78 bits per heavy atom. The van der Waals surface area contributed by atoms with Crippen LogP contribution >= 0.6 is 0 Å². The predicted octanol–water partition coefficient (Wildman–Crippen LogP) is 1.66. The van der Waals surface area contributed by atoms with Crippen molar-refractivity contribution in [3.63, 3.8) is 0 Å². The van der Waals surface area contributed by atoms with E-state index in [9.17, 15) is 0 Å². The second-order valence-corrected chi connectivity index (χ2v) is 2.72. The van der Waals surface area contributed by atoms with Crippen molar-refractivity contribution in [1.29, 1.82) is 0 Å². The molecule has 1 nitrogen and oxygen atoms in total. The van der Waals surface area contributed by atoms with Crippen LogP contribution in [0, 0.1) is 0 Å². The van der Waals surface area contributed by atoms with Gasteiger partial charge in [-0.05, 0) is 33.4 Å². The van der Waals surface area contributed by atoms with Gasteiger partial charge in [0.1, 0.15) is 0 Å². The van der Waals surface area contributed by atoms with E-state index in [4.69, 9.17) is 0 Å². The van der Waals surface area contributed by atoms with Gasteiger partial charge >= 0.3 is 0 Å². The molecule has 0 unspecified atom stereocenters. The summed E-state index contributed by atoms with van der Waals surface area (Å²) in [5, 5.41) is 0. The average molecular weight is 125 g/mol. The number of allylic oxidation sites excluding steroid dienone is 1. The molecular weight excluding hydrogens is 110 g/mol. The molecule has 0 aromatic heterocycles. The molecule has 0 aliphatic carbocycles. The lowest BCUT2D eigenvalue weighted by molar-refractivity contribution is 0.357. The summed E-state index contributed by atoms with van der Waals surface area (Å²) in [7, 11) is 2.19. The monoisotopic (exact) mass is 125 g/mol. The Balaban J connectivity index is 2.39. The number of nitrogens with zero attached hydrogens (tertiary/aromatic N) is 1. The van der Waals surface area contributed by atoms with Gasteiger partial charge in [0.15, 0.2) is 0 Å². The zero-order chi connectivity index (χ0) is 6.69. The van der Waals surface area contributed by atoms with Gasteiger partial charge in [-0.1, -0.05) is 12.2 Å². The van der Waals surface area contributed by atoms with Gasteiger partial charge in [-0.3, -0.25) is 4.90 Å². The maximum Gasteiger partial charge on any atom is 0.0275 e. The lowest BCUT2D eigenvalue weighted by Crippen LogP contribution is -2.22. The quantitative estimate of drug-likeness (QED) is 0.482. The van der Waals surface area contributed by atoms with E-state index in [0.29, 0.717) is 0 Å². The molecule has 9 heavy (non-hydrogen) atoms. The molecule has 0 N–H and O–H groups in total. The fraction of sp³-hybridized carbons (Fsp3) is 0.750. The van der Waals surface area contributed by atoms with Gasteiger partial charge in [0.05, 0.1) is 0 Å². The minimum Gasteiger partial charge on any atom is -0.300 e. The third-order valence-corrected chi connectivity index (χ3v) is 1.99. The van der Waals surface area contributed by atoms with Crippen LogP contribution < -0.4 is 0 Å². The Morgan fingerprint density at radius 1 is 1.56 bits per heavy atom. The van der Waals surface area contributed by atoms with E-state index >= 15 is 0 Å². The Morgan fingerprint density at radius 2 is 2.33 bits per heavy atom. The molecule has 1 aliphatic rings. The van der Waals surface area contributed by atoms with Crippen LogP contribution in [0.1, 0.15) is 19.8 Å². The van der Waals surface area contributed by atoms with Gasteiger partial charge in [-0.15, -0.1) is 0 Å². The van der Waals surface area contributed by atoms with Gasteiger partial charge in [0.25, 0.3) is 0 Å². The number of rotatable bonds is 1.